The highest BCUT2D eigenvalue weighted by Crippen LogP contribution is 2.24. The van der Waals surface area contributed by atoms with Crippen LogP contribution in [0.5, 0.6) is 0 Å². The van der Waals surface area contributed by atoms with Crippen molar-refractivity contribution in [3.05, 3.63) is 29.1 Å². The number of aromatic nitrogens is 1. The lowest BCUT2D eigenvalue weighted by Gasteiger charge is -2.03. The van der Waals surface area contributed by atoms with Crippen molar-refractivity contribution in [2.75, 3.05) is 0 Å². The Morgan fingerprint density at radius 2 is 2.33 bits per heavy atom. The molecule has 0 fully saturated rings. The summed E-state index contributed by atoms with van der Waals surface area (Å²) in [6, 6.07) is 5.62. The summed E-state index contributed by atoms with van der Waals surface area (Å²) >= 11 is 5.98. The van der Waals surface area contributed by atoms with E-state index in [1.54, 1.807) is 6.07 Å². The van der Waals surface area contributed by atoms with Crippen LogP contribution >= 0.6 is 11.6 Å². The molecule has 15 heavy (non-hydrogen) atoms. The SMILES string of the molecule is CCC(N)Cc1nc2cccc(Cl)c2o1. The highest BCUT2D eigenvalue weighted by molar-refractivity contribution is 6.34. The van der Waals surface area contributed by atoms with Gasteiger partial charge in [-0.2, -0.15) is 0 Å². The van der Waals surface area contributed by atoms with Gasteiger partial charge in [-0.3, -0.25) is 0 Å². The van der Waals surface area contributed by atoms with Crippen molar-refractivity contribution in [3.63, 3.8) is 0 Å². The summed E-state index contributed by atoms with van der Waals surface area (Å²) in [5.74, 6) is 0.660. The third-order valence-corrected chi connectivity index (χ3v) is 2.67. The summed E-state index contributed by atoms with van der Waals surface area (Å²) in [6.07, 6.45) is 1.56. The van der Waals surface area contributed by atoms with Crippen molar-refractivity contribution in [1.29, 1.82) is 0 Å². The Bertz CT molecular complexity index is 467. The molecule has 4 heteroatoms. The van der Waals surface area contributed by atoms with Crippen LogP contribution in [-0.4, -0.2) is 11.0 Å². The molecule has 0 saturated carbocycles. The number of hydrogen-bond donors (Lipinski definition) is 1. The average Bonchev–Trinajstić information content (AvgIpc) is 2.62. The van der Waals surface area contributed by atoms with Gasteiger partial charge in [0.1, 0.15) is 5.52 Å². The smallest absolute Gasteiger partial charge is 0.197 e. The summed E-state index contributed by atoms with van der Waals surface area (Å²) in [6.45, 7) is 2.04. The third-order valence-electron chi connectivity index (χ3n) is 2.37. The van der Waals surface area contributed by atoms with Gasteiger partial charge in [0.05, 0.1) is 5.02 Å². The molecule has 0 aliphatic heterocycles. The van der Waals surface area contributed by atoms with Crippen LogP contribution in [0.2, 0.25) is 5.02 Å². The molecule has 0 aliphatic carbocycles. The van der Waals surface area contributed by atoms with E-state index in [0.29, 0.717) is 22.9 Å². The molecule has 0 bridgehead atoms. The molecule has 2 N–H and O–H groups in total. The van der Waals surface area contributed by atoms with Crippen molar-refractivity contribution in [3.8, 4) is 0 Å². The number of hydrogen-bond acceptors (Lipinski definition) is 3. The fourth-order valence-electron chi connectivity index (χ4n) is 1.42. The molecule has 1 unspecified atom stereocenters. The molecule has 2 aromatic rings. The summed E-state index contributed by atoms with van der Waals surface area (Å²) in [4.78, 5) is 4.33. The third kappa shape index (κ3) is 2.13. The van der Waals surface area contributed by atoms with Crippen LogP contribution in [0.3, 0.4) is 0 Å². The Kier molecular flexibility index (Phi) is 2.93. The zero-order chi connectivity index (χ0) is 10.8. The highest BCUT2D eigenvalue weighted by atomic mass is 35.5. The number of nitrogens with zero attached hydrogens (tertiary/aromatic N) is 1. The predicted molar refractivity (Wildman–Crippen MR) is 61.0 cm³/mol. The van der Waals surface area contributed by atoms with E-state index in [0.717, 1.165) is 11.9 Å². The minimum absolute atomic E-state index is 0.0943. The van der Waals surface area contributed by atoms with Gasteiger partial charge in [0.25, 0.3) is 0 Å². The first-order valence-corrected chi connectivity index (χ1v) is 5.38. The summed E-state index contributed by atoms with van der Waals surface area (Å²) in [5.41, 5.74) is 7.27. The van der Waals surface area contributed by atoms with Crippen molar-refractivity contribution in [1.82, 2.24) is 4.98 Å². The second-order valence-corrected chi connectivity index (χ2v) is 3.98. The van der Waals surface area contributed by atoms with Crippen LogP contribution in [0.15, 0.2) is 22.6 Å². The fourth-order valence-corrected chi connectivity index (χ4v) is 1.63. The summed E-state index contributed by atoms with van der Waals surface area (Å²) in [5, 5.41) is 0.594. The van der Waals surface area contributed by atoms with E-state index in [9.17, 15) is 0 Å². The van der Waals surface area contributed by atoms with Gasteiger partial charge < -0.3 is 10.2 Å². The largest absolute Gasteiger partial charge is 0.439 e. The molecule has 3 nitrogen and oxygen atoms in total. The lowest BCUT2D eigenvalue weighted by atomic mass is 10.2. The monoisotopic (exact) mass is 224 g/mol. The standard InChI is InChI=1S/C11H13ClN2O/c1-2-7(13)6-10-14-9-5-3-4-8(12)11(9)15-10/h3-5,7H,2,6,13H2,1H3. The molecule has 80 valence electrons. The fraction of sp³-hybridized carbons (Fsp3) is 0.364. The number of para-hydroxylation sites is 1. The molecular formula is C11H13ClN2O. The Morgan fingerprint density at radius 3 is 3.00 bits per heavy atom. The average molecular weight is 225 g/mol. The maximum Gasteiger partial charge on any atom is 0.197 e. The van der Waals surface area contributed by atoms with Crippen LogP contribution in [0.25, 0.3) is 11.1 Å². The number of nitrogens with two attached hydrogens (primary N) is 1. The number of halogens is 1. The van der Waals surface area contributed by atoms with Crippen molar-refractivity contribution >= 4 is 22.7 Å². The number of benzene rings is 1. The molecule has 1 aromatic carbocycles. The van der Waals surface area contributed by atoms with Gasteiger partial charge in [-0.25, -0.2) is 4.98 Å². The molecule has 0 aliphatic rings. The zero-order valence-corrected chi connectivity index (χ0v) is 9.29. The number of fused-ring (bicyclic) bond motifs is 1. The van der Waals surface area contributed by atoms with E-state index in [1.165, 1.54) is 0 Å². The van der Waals surface area contributed by atoms with Crippen molar-refractivity contribution in [2.24, 2.45) is 5.73 Å². The van der Waals surface area contributed by atoms with E-state index < -0.39 is 0 Å². The highest BCUT2D eigenvalue weighted by Gasteiger charge is 2.10. The Labute approximate surface area is 93.2 Å². The van der Waals surface area contributed by atoms with Gasteiger partial charge in [0.15, 0.2) is 11.5 Å². The molecule has 0 spiro atoms. The predicted octanol–water partition coefficient (Wildman–Crippen LogP) is 2.76. The van der Waals surface area contributed by atoms with E-state index in [2.05, 4.69) is 4.98 Å². The summed E-state index contributed by atoms with van der Waals surface area (Å²) < 4.78 is 5.55. The van der Waals surface area contributed by atoms with Gasteiger partial charge >= 0.3 is 0 Å². The van der Waals surface area contributed by atoms with Gasteiger partial charge in [-0.15, -0.1) is 0 Å². The molecule has 0 saturated heterocycles. The van der Waals surface area contributed by atoms with Crippen LogP contribution in [-0.2, 0) is 6.42 Å². The number of oxazole rings is 1. The minimum atomic E-state index is 0.0943. The lowest BCUT2D eigenvalue weighted by Crippen LogP contribution is -2.21. The first-order chi connectivity index (χ1) is 7.20. The molecule has 0 radical (unpaired) electrons. The van der Waals surface area contributed by atoms with E-state index in [1.807, 2.05) is 19.1 Å². The number of rotatable bonds is 3. The second-order valence-electron chi connectivity index (χ2n) is 3.57. The minimum Gasteiger partial charge on any atom is -0.439 e. The van der Waals surface area contributed by atoms with E-state index in [-0.39, 0.29) is 6.04 Å². The van der Waals surface area contributed by atoms with E-state index in [4.69, 9.17) is 21.8 Å². The molecule has 1 heterocycles. The van der Waals surface area contributed by atoms with Crippen molar-refractivity contribution in [2.45, 2.75) is 25.8 Å². The first kappa shape index (κ1) is 10.5. The maximum absolute atomic E-state index is 5.98. The van der Waals surface area contributed by atoms with Gasteiger partial charge in [-0.05, 0) is 18.6 Å². The second kappa shape index (κ2) is 4.21. The molecule has 0 amide bonds. The maximum atomic E-state index is 5.98. The van der Waals surface area contributed by atoms with E-state index >= 15 is 0 Å². The Hall–Kier alpha value is -1.06. The molecular weight excluding hydrogens is 212 g/mol. The quantitative estimate of drug-likeness (QED) is 0.872. The van der Waals surface area contributed by atoms with Crippen LogP contribution in [0.4, 0.5) is 0 Å². The Morgan fingerprint density at radius 1 is 1.53 bits per heavy atom. The molecule has 2 rings (SSSR count). The van der Waals surface area contributed by atoms with Gasteiger partial charge in [0, 0.05) is 12.5 Å². The van der Waals surface area contributed by atoms with Gasteiger partial charge in [0.2, 0.25) is 0 Å². The molecule has 1 aromatic heterocycles. The van der Waals surface area contributed by atoms with Crippen LogP contribution in [0.1, 0.15) is 19.2 Å². The first-order valence-electron chi connectivity index (χ1n) is 5.00. The zero-order valence-electron chi connectivity index (χ0n) is 8.53. The Balaban J connectivity index is 2.35. The topological polar surface area (TPSA) is 52.0 Å². The van der Waals surface area contributed by atoms with Gasteiger partial charge in [-0.1, -0.05) is 24.6 Å². The lowest BCUT2D eigenvalue weighted by molar-refractivity contribution is 0.491. The normalized spacial score (nSPS) is 13.3. The van der Waals surface area contributed by atoms with Crippen LogP contribution < -0.4 is 5.73 Å². The summed E-state index contributed by atoms with van der Waals surface area (Å²) in [7, 11) is 0. The molecule has 1 atom stereocenters. The van der Waals surface area contributed by atoms with Crippen molar-refractivity contribution < 1.29 is 4.42 Å². The van der Waals surface area contributed by atoms with Crippen LogP contribution in [0, 0.1) is 0 Å².